The van der Waals surface area contributed by atoms with Crippen LogP contribution in [0, 0.1) is 0 Å². The Morgan fingerprint density at radius 1 is 1.19 bits per heavy atom. The van der Waals surface area contributed by atoms with Crippen LogP contribution in [-0.4, -0.2) is 24.5 Å². The number of ether oxygens (including phenoxy) is 3. The fourth-order valence-electron chi connectivity index (χ4n) is 2.51. The normalized spacial score (nSPS) is 15.3. The van der Waals surface area contributed by atoms with Crippen LogP contribution >= 0.6 is 23.2 Å². The van der Waals surface area contributed by atoms with Crippen molar-refractivity contribution in [2.45, 2.75) is 20.0 Å². The van der Waals surface area contributed by atoms with Crippen molar-refractivity contribution in [1.29, 1.82) is 0 Å². The zero-order chi connectivity index (χ0) is 19.6. The lowest BCUT2D eigenvalue weighted by Crippen LogP contribution is -2.26. The summed E-state index contributed by atoms with van der Waals surface area (Å²) in [6.07, 6.45) is 0.818. The van der Waals surface area contributed by atoms with Crippen molar-refractivity contribution in [3.8, 4) is 11.5 Å². The van der Waals surface area contributed by atoms with Crippen molar-refractivity contribution >= 4 is 41.0 Å². The summed E-state index contributed by atoms with van der Waals surface area (Å²) in [6, 6.07) is 9.80. The maximum absolute atomic E-state index is 12.5. The van der Waals surface area contributed by atoms with Crippen molar-refractivity contribution in [2.75, 3.05) is 6.61 Å². The lowest BCUT2D eigenvalue weighted by atomic mass is 10.1. The molecular weight excluding hydrogens is 391 g/mol. The molecule has 140 valence electrons. The van der Waals surface area contributed by atoms with Gasteiger partial charge in [-0.2, -0.15) is 0 Å². The summed E-state index contributed by atoms with van der Waals surface area (Å²) in [4.78, 5) is 24.2. The summed E-state index contributed by atoms with van der Waals surface area (Å²) in [5.41, 5.74) is 1.10. The Bertz CT molecular complexity index is 936. The highest BCUT2D eigenvalue weighted by atomic mass is 35.5. The zero-order valence-electron chi connectivity index (χ0n) is 14.6. The molecule has 0 unspecified atom stereocenters. The predicted molar refractivity (Wildman–Crippen MR) is 103 cm³/mol. The van der Waals surface area contributed by atoms with Crippen LogP contribution in [0.2, 0.25) is 10.0 Å². The quantitative estimate of drug-likeness (QED) is 0.519. The van der Waals surface area contributed by atoms with Gasteiger partial charge in [0.2, 0.25) is 5.78 Å². The highest BCUT2D eigenvalue weighted by molar-refractivity contribution is 6.42. The van der Waals surface area contributed by atoms with Crippen LogP contribution in [0.25, 0.3) is 6.08 Å². The van der Waals surface area contributed by atoms with Crippen LogP contribution in [0.3, 0.4) is 0 Å². The molecule has 1 aliphatic heterocycles. The van der Waals surface area contributed by atoms with E-state index in [4.69, 9.17) is 37.4 Å². The second-order valence-electron chi connectivity index (χ2n) is 5.78. The van der Waals surface area contributed by atoms with Crippen molar-refractivity contribution in [3.05, 3.63) is 63.3 Å². The van der Waals surface area contributed by atoms with E-state index >= 15 is 0 Å². The van der Waals surface area contributed by atoms with Gasteiger partial charge in [0.25, 0.3) is 0 Å². The molecule has 0 aromatic heterocycles. The van der Waals surface area contributed by atoms with Crippen LogP contribution in [0.15, 0.2) is 42.2 Å². The number of fused-ring (bicyclic) bond motifs is 1. The Morgan fingerprint density at radius 2 is 1.96 bits per heavy atom. The summed E-state index contributed by atoms with van der Waals surface area (Å²) in [5, 5.41) is 0.816. The smallest absolute Gasteiger partial charge is 0.347 e. The number of Topliss-reactive ketones (excluding diaryl/α,β-unsaturated/α-hetero) is 1. The number of esters is 1. The van der Waals surface area contributed by atoms with Gasteiger partial charge in [-0.15, -0.1) is 0 Å². The van der Waals surface area contributed by atoms with Crippen molar-refractivity contribution in [2.24, 2.45) is 0 Å². The van der Waals surface area contributed by atoms with Crippen LogP contribution in [0.4, 0.5) is 0 Å². The first-order chi connectivity index (χ1) is 12.9. The standard InChI is InChI=1S/C20H16Cl2O5/c1-3-25-20(24)11(2)26-13-5-6-14-17(10-13)27-18(19(14)23)9-12-4-7-15(21)16(22)8-12/h4-11H,3H2,1-2H3/b18-9+/t11-/m1/s1. The van der Waals surface area contributed by atoms with Gasteiger partial charge in [0.05, 0.1) is 22.2 Å². The summed E-state index contributed by atoms with van der Waals surface area (Å²) in [7, 11) is 0. The monoisotopic (exact) mass is 406 g/mol. The Kier molecular flexibility index (Phi) is 5.73. The lowest BCUT2D eigenvalue weighted by Gasteiger charge is -2.13. The van der Waals surface area contributed by atoms with Crippen LogP contribution < -0.4 is 9.47 Å². The Balaban J connectivity index is 1.79. The Hall–Kier alpha value is -2.50. The fourth-order valence-corrected chi connectivity index (χ4v) is 2.81. The summed E-state index contributed by atoms with van der Waals surface area (Å²) in [5.74, 6) is 0.216. The van der Waals surface area contributed by atoms with Gasteiger partial charge >= 0.3 is 5.97 Å². The van der Waals surface area contributed by atoms with Gasteiger partial charge in [-0.1, -0.05) is 29.3 Å². The molecule has 2 aromatic carbocycles. The Morgan fingerprint density at radius 3 is 2.67 bits per heavy atom. The van der Waals surface area contributed by atoms with Gasteiger partial charge in [0, 0.05) is 6.07 Å². The number of hydrogen-bond donors (Lipinski definition) is 0. The molecule has 2 aromatic rings. The highest BCUT2D eigenvalue weighted by Crippen LogP contribution is 2.35. The van der Waals surface area contributed by atoms with E-state index in [1.54, 1.807) is 56.3 Å². The molecule has 0 fully saturated rings. The van der Waals surface area contributed by atoms with Gasteiger partial charge in [0.1, 0.15) is 11.5 Å². The second kappa shape index (κ2) is 8.03. The van der Waals surface area contributed by atoms with E-state index in [1.165, 1.54) is 0 Å². The molecule has 0 saturated carbocycles. The van der Waals surface area contributed by atoms with Crippen molar-refractivity contribution in [3.63, 3.8) is 0 Å². The number of carbonyl (C=O) groups is 2. The topological polar surface area (TPSA) is 61.8 Å². The number of rotatable bonds is 5. The maximum atomic E-state index is 12.5. The minimum Gasteiger partial charge on any atom is -0.479 e. The molecule has 0 spiro atoms. The molecule has 1 aliphatic rings. The second-order valence-corrected chi connectivity index (χ2v) is 6.60. The molecule has 1 heterocycles. The molecule has 0 N–H and O–H groups in total. The van der Waals surface area contributed by atoms with Gasteiger partial charge in [-0.05, 0) is 49.8 Å². The largest absolute Gasteiger partial charge is 0.479 e. The molecule has 27 heavy (non-hydrogen) atoms. The molecule has 7 heteroatoms. The number of allylic oxidation sites excluding steroid dienone is 1. The van der Waals surface area contributed by atoms with E-state index in [2.05, 4.69) is 0 Å². The SMILES string of the molecule is CCOC(=O)[C@@H](C)Oc1ccc2c(c1)O/C(=C/c1ccc(Cl)c(Cl)c1)C2=O. The number of benzene rings is 2. The van der Waals surface area contributed by atoms with Gasteiger partial charge in [-0.25, -0.2) is 4.79 Å². The third kappa shape index (κ3) is 4.26. The van der Waals surface area contributed by atoms with E-state index in [0.29, 0.717) is 32.7 Å². The number of halogens is 2. The van der Waals surface area contributed by atoms with Gasteiger partial charge in [-0.3, -0.25) is 4.79 Å². The van der Waals surface area contributed by atoms with E-state index in [9.17, 15) is 9.59 Å². The average molecular weight is 407 g/mol. The average Bonchev–Trinajstić information content (AvgIpc) is 2.93. The van der Waals surface area contributed by atoms with Crippen molar-refractivity contribution in [1.82, 2.24) is 0 Å². The summed E-state index contributed by atoms with van der Waals surface area (Å²) >= 11 is 11.9. The first kappa shape index (κ1) is 19.3. The first-order valence-electron chi connectivity index (χ1n) is 8.25. The van der Waals surface area contributed by atoms with E-state index in [-0.39, 0.29) is 18.1 Å². The Labute approximate surface area is 166 Å². The van der Waals surface area contributed by atoms with E-state index in [0.717, 1.165) is 0 Å². The van der Waals surface area contributed by atoms with Gasteiger partial charge < -0.3 is 14.2 Å². The third-order valence-corrected chi connectivity index (χ3v) is 4.55. The van der Waals surface area contributed by atoms with E-state index in [1.807, 2.05) is 0 Å². The highest BCUT2D eigenvalue weighted by Gasteiger charge is 2.28. The number of hydrogen-bond acceptors (Lipinski definition) is 5. The molecule has 3 rings (SSSR count). The lowest BCUT2D eigenvalue weighted by molar-refractivity contribution is -0.150. The van der Waals surface area contributed by atoms with Crippen molar-refractivity contribution < 1.29 is 23.8 Å². The summed E-state index contributed by atoms with van der Waals surface area (Å²) < 4.78 is 16.1. The maximum Gasteiger partial charge on any atom is 0.347 e. The van der Waals surface area contributed by atoms with Crippen LogP contribution in [-0.2, 0) is 9.53 Å². The molecule has 5 nitrogen and oxygen atoms in total. The third-order valence-electron chi connectivity index (χ3n) is 3.81. The minimum absolute atomic E-state index is 0.166. The summed E-state index contributed by atoms with van der Waals surface area (Å²) in [6.45, 7) is 3.59. The predicted octanol–water partition coefficient (Wildman–Crippen LogP) is 4.94. The number of ketones is 1. The zero-order valence-corrected chi connectivity index (χ0v) is 16.1. The molecule has 0 bridgehead atoms. The fraction of sp³-hybridized carbons (Fsp3) is 0.200. The molecule has 0 amide bonds. The van der Waals surface area contributed by atoms with E-state index < -0.39 is 12.1 Å². The molecule has 0 saturated heterocycles. The molecule has 0 radical (unpaired) electrons. The first-order valence-corrected chi connectivity index (χ1v) is 9.01. The molecule has 1 atom stereocenters. The molecule has 0 aliphatic carbocycles. The van der Waals surface area contributed by atoms with Crippen LogP contribution in [0.5, 0.6) is 11.5 Å². The van der Waals surface area contributed by atoms with Gasteiger partial charge in [0.15, 0.2) is 11.9 Å². The minimum atomic E-state index is -0.772. The van der Waals surface area contributed by atoms with Crippen LogP contribution in [0.1, 0.15) is 29.8 Å². The molecular formula is C20H16Cl2O5. The number of carbonyl (C=O) groups excluding carboxylic acids is 2.